The number of carboxylic acids is 1. The molecule has 0 fully saturated rings. The molecule has 2 N–H and O–H groups in total. The predicted molar refractivity (Wildman–Crippen MR) is 169 cm³/mol. The van der Waals surface area contributed by atoms with Gasteiger partial charge in [0, 0.05) is 20.9 Å². The fourth-order valence-electron chi connectivity index (χ4n) is 4.76. The molecule has 208 valence electrons. The molecule has 1 aromatic heterocycles. The van der Waals surface area contributed by atoms with Gasteiger partial charge in [0.2, 0.25) is 0 Å². The molecule has 0 amide bonds. The van der Waals surface area contributed by atoms with Gasteiger partial charge in [-0.25, -0.2) is 4.98 Å². The first-order chi connectivity index (χ1) is 19.0. The van der Waals surface area contributed by atoms with Gasteiger partial charge in [-0.15, -0.1) is 11.8 Å². The fourth-order valence-corrected chi connectivity index (χ4v) is 6.35. The van der Waals surface area contributed by atoms with Crippen LogP contribution in [0.2, 0.25) is 5.02 Å². The molecule has 40 heavy (non-hydrogen) atoms. The maximum atomic E-state index is 11.7. The van der Waals surface area contributed by atoms with Crippen molar-refractivity contribution >= 4 is 52.4 Å². The summed E-state index contributed by atoms with van der Waals surface area (Å²) in [6, 6.07) is 26.1. The topological polar surface area (TPSA) is 70.4 Å². The van der Waals surface area contributed by atoms with Crippen molar-refractivity contribution in [2.75, 3.05) is 0 Å². The predicted octanol–water partition coefficient (Wildman–Crippen LogP) is 8.80. The second kappa shape index (κ2) is 13.0. The molecule has 0 radical (unpaired) electrons. The molecule has 4 rings (SSSR count). The molecule has 0 unspecified atom stereocenters. The lowest BCUT2D eigenvalue weighted by Crippen LogP contribution is -2.21. The quantitative estimate of drug-likeness (QED) is 0.187. The second-order valence-electron chi connectivity index (χ2n) is 10.8. The maximum absolute atomic E-state index is 11.7. The fraction of sp³-hybridized carbons (Fsp3) is 0.294. The Morgan fingerprint density at radius 3 is 2.50 bits per heavy atom. The van der Waals surface area contributed by atoms with E-state index in [1.54, 1.807) is 18.7 Å². The Bertz CT molecular complexity index is 1510. The lowest BCUT2D eigenvalue weighted by atomic mass is 9.90. The van der Waals surface area contributed by atoms with Crippen LogP contribution in [0.1, 0.15) is 67.3 Å². The van der Waals surface area contributed by atoms with E-state index < -0.39 is 17.5 Å². The molecule has 6 heteroatoms. The number of benzene rings is 3. The normalized spacial score (nSPS) is 14.3. The molecule has 0 spiro atoms. The average Bonchev–Trinajstić information content (AvgIpc) is 2.93. The number of rotatable bonds is 11. The van der Waals surface area contributed by atoms with Crippen LogP contribution in [0.3, 0.4) is 0 Å². The van der Waals surface area contributed by atoms with E-state index in [-0.39, 0.29) is 10.5 Å². The van der Waals surface area contributed by atoms with E-state index in [9.17, 15) is 15.0 Å². The number of hydrogen-bond donors (Lipinski definition) is 2. The molecule has 4 aromatic rings. The number of carbonyl (C=O) groups is 1. The van der Waals surface area contributed by atoms with Gasteiger partial charge in [-0.05, 0) is 73.2 Å². The van der Waals surface area contributed by atoms with Crippen molar-refractivity contribution in [2.45, 2.75) is 56.6 Å². The highest BCUT2D eigenvalue weighted by Crippen LogP contribution is 2.40. The highest BCUT2D eigenvalue weighted by atomic mass is 35.5. The van der Waals surface area contributed by atoms with E-state index in [0.29, 0.717) is 5.02 Å². The SMILES string of the molecule is C[C@H](S[C@H](CCc1ccccc1C(C)(C)O)c1cccc(/C=C/c2ccc3ccc(Cl)cc3n2)c1)[C@@H](C)C(=O)O. The van der Waals surface area contributed by atoms with Gasteiger partial charge < -0.3 is 10.2 Å². The summed E-state index contributed by atoms with van der Waals surface area (Å²) in [6.45, 7) is 7.37. The third-order valence-corrected chi connectivity index (χ3v) is 9.14. The number of thioether (sulfide) groups is 1. The second-order valence-corrected chi connectivity index (χ2v) is 12.8. The standard InChI is InChI=1S/C34H36ClNO3S/c1-22(33(37)38)23(2)40-32(19-15-25-9-5-6-11-30(25)34(3,4)39)27-10-7-8-24(20-27)12-17-29-18-14-26-13-16-28(35)21-31(26)36-29/h5-14,16-18,20-23,32,39H,15,19H2,1-4H3,(H,37,38)/b17-12+/t22-,23+,32-/m1/s1. The van der Waals surface area contributed by atoms with E-state index in [4.69, 9.17) is 16.6 Å². The third-order valence-electron chi connectivity index (χ3n) is 7.23. The van der Waals surface area contributed by atoms with Gasteiger partial charge in [0.15, 0.2) is 0 Å². The average molecular weight is 574 g/mol. The van der Waals surface area contributed by atoms with Crippen LogP contribution >= 0.6 is 23.4 Å². The minimum atomic E-state index is -0.933. The van der Waals surface area contributed by atoms with Gasteiger partial charge in [-0.2, -0.15) is 0 Å². The van der Waals surface area contributed by atoms with Crippen molar-refractivity contribution in [2.24, 2.45) is 5.92 Å². The lowest BCUT2D eigenvalue weighted by molar-refractivity contribution is -0.140. The highest BCUT2D eigenvalue weighted by molar-refractivity contribution is 8.00. The number of aromatic nitrogens is 1. The van der Waals surface area contributed by atoms with Gasteiger partial charge in [0.05, 0.1) is 22.7 Å². The molecular weight excluding hydrogens is 538 g/mol. The van der Waals surface area contributed by atoms with Crippen LogP contribution in [-0.2, 0) is 16.8 Å². The van der Waals surface area contributed by atoms with E-state index in [1.807, 2.05) is 81.4 Å². The van der Waals surface area contributed by atoms with Crippen LogP contribution in [0.5, 0.6) is 0 Å². The maximum Gasteiger partial charge on any atom is 0.307 e. The summed E-state index contributed by atoms with van der Waals surface area (Å²) in [6.07, 6.45) is 5.64. The Balaban J connectivity index is 1.59. The zero-order chi connectivity index (χ0) is 28.9. The van der Waals surface area contributed by atoms with Crippen molar-refractivity contribution in [3.05, 3.63) is 112 Å². The highest BCUT2D eigenvalue weighted by Gasteiger charge is 2.26. The van der Waals surface area contributed by atoms with Crippen LogP contribution in [0.15, 0.2) is 78.9 Å². The Morgan fingerprint density at radius 2 is 1.75 bits per heavy atom. The van der Waals surface area contributed by atoms with E-state index in [0.717, 1.165) is 51.7 Å². The first kappa shape index (κ1) is 29.9. The Morgan fingerprint density at radius 1 is 1.00 bits per heavy atom. The molecule has 3 aromatic carbocycles. The number of pyridine rings is 1. The number of hydrogen-bond acceptors (Lipinski definition) is 4. The van der Waals surface area contributed by atoms with Gasteiger partial charge in [0.1, 0.15) is 0 Å². The monoisotopic (exact) mass is 573 g/mol. The van der Waals surface area contributed by atoms with Crippen molar-refractivity contribution in [1.82, 2.24) is 4.98 Å². The molecule has 1 heterocycles. The van der Waals surface area contributed by atoms with E-state index >= 15 is 0 Å². The van der Waals surface area contributed by atoms with Crippen molar-refractivity contribution < 1.29 is 15.0 Å². The van der Waals surface area contributed by atoms with Gasteiger partial charge >= 0.3 is 5.97 Å². The molecule has 0 bridgehead atoms. The third kappa shape index (κ3) is 7.75. The molecule has 3 atom stereocenters. The number of halogens is 1. The van der Waals surface area contributed by atoms with Crippen molar-refractivity contribution in [3.8, 4) is 0 Å². The number of fused-ring (bicyclic) bond motifs is 1. The van der Waals surface area contributed by atoms with Crippen LogP contribution in [0, 0.1) is 5.92 Å². The summed E-state index contributed by atoms with van der Waals surface area (Å²) in [5.74, 6) is -1.25. The molecule has 4 nitrogen and oxygen atoms in total. The molecule has 0 aliphatic carbocycles. The molecule has 0 aliphatic rings. The van der Waals surface area contributed by atoms with Crippen LogP contribution in [0.25, 0.3) is 23.1 Å². The number of aliphatic hydroxyl groups is 1. The number of aliphatic carboxylic acids is 1. The first-order valence-corrected chi connectivity index (χ1v) is 14.9. The van der Waals surface area contributed by atoms with Crippen LogP contribution in [0.4, 0.5) is 0 Å². The minimum Gasteiger partial charge on any atom is -0.481 e. The summed E-state index contributed by atoms with van der Waals surface area (Å²) in [7, 11) is 0. The molecular formula is C34H36ClNO3S. The van der Waals surface area contributed by atoms with Crippen LogP contribution in [-0.4, -0.2) is 26.4 Å². The molecule has 0 saturated carbocycles. The van der Waals surface area contributed by atoms with Crippen molar-refractivity contribution in [3.63, 3.8) is 0 Å². The number of carboxylic acid groups (broad SMARTS) is 1. The molecule has 0 aliphatic heterocycles. The Labute approximate surface area is 246 Å². The summed E-state index contributed by atoms with van der Waals surface area (Å²) in [5, 5.41) is 22.0. The van der Waals surface area contributed by atoms with Gasteiger partial charge in [-0.1, -0.05) is 92.2 Å². The Kier molecular flexibility index (Phi) is 9.72. The number of nitrogens with zero attached hydrogens (tertiary/aromatic N) is 1. The van der Waals surface area contributed by atoms with Crippen molar-refractivity contribution in [1.29, 1.82) is 0 Å². The summed E-state index contributed by atoms with van der Waals surface area (Å²) >= 11 is 7.85. The Hall–Kier alpha value is -3.12. The molecule has 0 saturated heterocycles. The van der Waals surface area contributed by atoms with Gasteiger partial charge in [0.25, 0.3) is 0 Å². The smallest absolute Gasteiger partial charge is 0.307 e. The zero-order valence-corrected chi connectivity index (χ0v) is 24.9. The summed E-state index contributed by atoms with van der Waals surface area (Å²) in [5.41, 5.74) is 5.00. The lowest BCUT2D eigenvalue weighted by Gasteiger charge is -2.26. The summed E-state index contributed by atoms with van der Waals surface area (Å²) in [4.78, 5) is 16.4. The first-order valence-electron chi connectivity index (χ1n) is 13.5. The van der Waals surface area contributed by atoms with E-state index in [2.05, 4.69) is 30.3 Å². The minimum absolute atomic E-state index is 0.0696. The van der Waals surface area contributed by atoms with Gasteiger partial charge in [-0.3, -0.25) is 4.79 Å². The largest absolute Gasteiger partial charge is 0.481 e. The zero-order valence-electron chi connectivity index (χ0n) is 23.3. The summed E-state index contributed by atoms with van der Waals surface area (Å²) < 4.78 is 0. The van der Waals surface area contributed by atoms with Crippen LogP contribution < -0.4 is 0 Å². The van der Waals surface area contributed by atoms with E-state index in [1.165, 1.54) is 0 Å². The number of aryl methyl sites for hydroxylation is 1.